The largest absolute Gasteiger partial charge is 0.328 e. The second kappa shape index (κ2) is 8.17. The lowest BCUT2D eigenvalue weighted by molar-refractivity contribution is -0.114. The molecule has 0 saturated carbocycles. The van der Waals surface area contributed by atoms with Crippen molar-refractivity contribution in [1.29, 1.82) is 0 Å². The highest BCUT2D eigenvalue weighted by atomic mass is 16.2. The summed E-state index contributed by atoms with van der Waals surface area (Å²) in [6.07, 6.45) is 1.85. The van der Waals surface area contributed by atoms with Gasteiger partial charge in [0, 0.05) is 18.3 Å². The van der Waals surface area contributed by atoms with E-state index in [9.17, 15) is 9.59 Å². The summed E-state index contributed by atoms with van der Waals surface area (Å²) >= 11 is 0. The number of pyridine rings is 1. The number of Topliss-reactive ketones (excluding diaryl/α,β-unsaturated/α-hetero) is 1. The van der Waals surface area contributed by atoms with E-state index in [-0.39, 0.29) is 5.41 Å². The summed E-state index contributed by atoms with van der Waals surface area (Å²) in [7, 11) is 0. The number of amides is 1. The van der Waals surface area contributed by atoms with Gasteiger partial charge in [-0.3, -0.25) is 9.59 Å². The van der Waals surface area contributed by atoms with Crippen molar-refractivity contribution in [2.75, 3.05) is 0 Å². The van der Waals surface area contributed by atoms with Crippen LogP contribution in [-0.2, 0) is 16.8 Å². The number of hydrogen-bond donors (Lipinski definition) is 0. The average molecular weight is 372 g/mol. The van der Waals surface area contributed by atoms with Crippen molar-refractivity contribution in [1.82, 2.24) is 4.57 Å². The smallest absolute Gasteiger partial charge is 0.320 e. The van der Waals surface area contributed by atoms with Crippen LogP contribution in [0.2, 0.25) is 0 Å². The van der Waals surface area contributed by atoms with Crippen LogP contribution in [0.4, 0.5) is 0 Å². The number of ketones is 1. The first-order chi connectivity index (χ1) is 13.3. The van der Waals surface area contributed by atoms with Gasteiger partial charge in [0.2, 0.25) is 0 Å². The molecule has 0 radical (unpaired) electrons. The molecule has 0 fully saturated rings. The quantitative estimate of drug-likeness (QED) is 0.510. The molecule has 28 heavy (non-hydrogen) atoms. The molecule has 4 heteroatoms. The Kier molecular flexibility index (Phi) is 5.69. The summed E-state index contributed by atoms with van der Waals surface area (Å²) in [4.78, 5) is 29.1. The molecule has 1 heterocycles. The Labute approximate surface area is 165 Å². The van der Waals surface area contributed by atoms with Crippen molar-refractivity contribution in [2.45, 2.75) is 32.7 Å². The van der Waals surface area contributed by atoms with E-state index in [1.165, 1.54) is 0 Å². The van der Waals surface area contributed by atoms with Gasteiger partial charge in [0.1, 0.15) is 5.49 Å². The van der Waals surface area contributed by atoms with Crippen LogP contribution in [0.1, 0.15) is 42.3 Å². The maximum Gasteiger partial charge on any atom is 0.320 e. The van der Waals surface area contributed by atoms with Crippen LogP contribution in [0.15, 0.2) is 84.0 Å². The Morgan fingerprint density at radius 1 is 0.857 bits per heavy atom. The standard InChI is InChI=1S/C24H24N2O2/c1-24(2,3)20-14-12-19(13-15-20)22(27)23(28)25-21-11-7-8-16-26(21)17-18-9-5-4-6-10-18/h4-16H,17H2,1-3H3. The molecule has 3 rings (SSSR count). The van der Waals surface area contributed by atoms with Gasteiger partial charge in [-0.1, -0.05) is 81.4 Å². The number of carbonyl (C=O) groups excluding carboxylic acids is 2. The minimum Gasteiger partial charge on any atom is -0.328 e. The third-order valence-electron chi connectivity index (χ3n) is 4.54. The van der Waals surface area contributed by atoms with Gasteiger partial charge in [-0.2, -0.15) is 4.99 Å². The first-order valence-electron chi connectivity index (χ1n) is 9.28. The van der Waals surface area contributed by atoms with Crippen molar-refractivity contribution in [3.8, 4) is 0 Å². The third kappa shape index (κ3) is 4.71. The molecule has 1 aromatic heterocycles. The highest BCUT2D eigenvalue weighted by Gasteiger charge is 2.18. The fourth-order valence-corrected chi connectivity index (χ4v) is 2.88. The topological polar surface area (TPSA) is 51.4 Å². The monoisotopic (exact) mass is 372 g/mol. The Hall–Kier alpha value is -3.27. The van der Waals surface area contributed by atoms with Gasteiger partial charge >= 0.3 is 5.91 Å². The fourth-order valence-electron chi connectivity index (χ4n) is 2.88. The maximum atomic E-state index is 12.5. The zero-order valence-electron chi connectivity index (χ0n) is 16.4. The molecule has 0 bridgehead atoms. The van der Waals surface area contributed by atoms with Crippen LogP contribution >= 0.6 is 0 Å². The van der Waals surface area contributed by atoms with Gasteiger partial charge in [0.25, 0.3) is 5.78 Å². The second-order valence-corrected chi connectivity index (χ2v) is 7.75. The number of benzene rings is 2. The molecule has 142 valence electrons. The zero-order valence-corrected chi connectivity index (χ0v) is 16.4. The minimum absolute atomic E-state index is 0.0109. The lowest BCUT2D eigenvalue weighted by Gasteiger charge is -2.18. The van der Waals surface area contributed by atoms with Crippen LogP contribution in [0.25, 0.3) is 0 Å². The van der Waals surface area contributed by atoms with Crippen LogP contribution < -0.4 is 5.49 Å². The van der Waals surface area contributed by atoms with Crippen molar-refractivity contribution in [2.24, 2.45) is 4.99 Å². The van der Waals surface area contributed by atoms with Gasteiger partial charge in [-0.25, -0.2) is 0 Å². The lowest BCUT2D eigenvalue weighted by Crippen LogP contribution is -2.24. The summed E-state index contributed by atoms with van der Waals surface area (Å²) in [6, 6.07) is 22.5. The molecule has 2 aromatic carbocycles. The normalized spacial score (nSPS) is 12.0. The molecule has 4 nitrogen and oxygen atoms in total. The number of carbonyl (C=O) groups is 2. The second-order valence-electron chi connectivity index (χ2n) is 7.75. The van der Waals surface area contributed by atoms with Gasteiger partial charge in [-0.15, -0.1) is 0 Å². The summed E-state index contributed by atoms with van der Waals surface area (Å²) < 4.78 is 1.85. The molecular weight excluding hydrogens is 348 g/mol. The number of nitrogens with zero attached hydrogens (tertiary/aromatic N) is 2. The Balaban J connectivity index is 1.85. The summed E-state index contributed by atoms with van der Waals surface area (Å²) in [5.41, 5.74) is 3.00. The number of aromatic nitrogens is 1. The fraction of sp³-hybridized carbons (Fsp3) is 0.208. The van der Waals surface area contributed by atoms with E-state index in [0.29, 0.717) is 17.6 Å². The van der Waals surface area contributed by atoms with E-state index in [4.69, 9.17) is 0 Å². The summed E-state index contributed by atoms with van der Waals surface area (Å²) in [5.74, 6) is -1.37. The molecule has 0 unspecified atom stereocenters. The van der Waals surface area contributed by atoms with E-state index in [1.807, 2.05) is 59.3 Å². The highest BCUT2D eigenvalue weighted by molar-refractivity contribution is 6.43. The first kappa shape index (κ1) is 19.5. The van der Waals surface area contributed by atoms with E-state index >= 15 is 0 Å². The molecule has 0 aliphatic carbocycles. The van der Waals surface area contributed by atoms with E-state index < -0.39 is 11.7 Å². The molecule has 0 atom stereocenters. The van der Waals surface area contributed by atoms with Crippen molar-refractivity contribution < 1.29 is 9.59 Å². The Morgan fingerprint density at radius 2 is 1.50 bits per heavy atom. The van der Waals surface area contributed by atoms with Crippen LogP contribution in [0.3, 0.4) is 0 Å². The number of hydrogen-bond acceptors (Lipinski definition) is 2. The Bertz CT molecular complexity index is 1040. The van der Waals surface area contributed by atoms with E-state index in [0.717, 1.165) is 11.1 Å². The highest BCUT2D eigenvalue weighted by Crippen LogP contribution is 2.22. The molecule has 0 spiro atoms. The first-order valence-corrected chi connectivity index (χ1v) is 9.28. The number of rotatable bonds is 4. The van der Waals surface area contributed by atoms with Crippen molar-refractivity contribution >= 4 is 11.7 Å². The molecule has 0 aliphatic heterocycles. The van der Waals surface area contributed by atoms with E-state index in [1.54, 1.807) is 24.3 Å². The van der Waals surface area contributed by atoms with Gasteiger partial charge < -0.3 is 4.57 Å². The third-order valence-corrected chi connectivity index (χ3v) is 4.54. The van der Waals surface area contributed by atoms with Crippen LogP contribution in [0, 0.1) is 0 Å². The van der Waals surface area contributed by atoms with Crippen molar-refractivity contribution in [3.05, 3.63) is 101 Å². The molecule has 0 aliphatic rings. The van der Waals surface area contributed by atoms with Gasteiger partial charge in [0.15, 0.2) is 0 Å². The van der Waals surface area contributed by atoms with Crippen LogP contribution in [0.5, 0.6) is 0 Å². The SMILES string of the molecule is CC(C)(C)c1ccc(C(=O)C(=O)N=c2ccccn2Cc2ccccc2)cc1. The van der Waals surface area contributed by atoms with Crippen LogP contribution in [-0.4, -0.2) is 16.3 Å². The maximum absolute atomic E-state index is 12.5. The Morgan fingerprint density at radius 3 is 2.14 bits per heavy atom. The van der Waals surface area contributed by atoms with Gasteiger partial charge in [0.05, 0.1) is 0 Å². The predicted octanol–water partition coefficient (Wildman–Crippen LogP) is 4.14. The van der Waals surface area contributed by atoms with Gasteiger partial charge in [-0.05, 0) is 28.7 Å². The molecule has 0 N–H and O–H groups in total. The molecule has 1 amide bonds. The molecule has 3 aromatic rings. The predicted molar refractivity (Wildman–Crippen MR) is 110 cm³/mol. The summed E-state index contributed by atoms with van der Waals surface area (Å²) in [5, 5.41) is 0. The average Bonchev–Trinajstić information content (AvgIpc) is 2.69. The van der Waals surface area contributed by atoms with Crippen molar-refractivity contribution in [3.63, 3.8) is 0 Å². The van der Waals surface area contributed by atoms with E-state index in [2.05, 4.69) is 25.8 Å². The lowest BCUT2D eigenvalue weighted by atomic mass is 9.86. The zero-order chi connectivity index (χ0) is 20.1. The minimum atomic E-state index is -0.767. The molecule has 0 saturated heterocycles. The molecular formula is C24H24N2O2. The summed E-state index contributed by atoms with van der Waals surface area (Å²) in [6.45, 7) is 6.88.